The van der Waals surface area contributed by atoms with Crippen molar-refractivity contribution in [2.24, 2.45) is 29.1 Å². The highest BCUT2D eigenvalue weighted by Crippen LogP contribution is 3.18. The lowest BCUT2D eigenvalue weighted by atomic mass is 9.54. The van der Waals surface area contributed by atoms with Gasteiger partial charge in [0, 0.05) is 60.8 Å². The molecule has 0 aromatic heterocycles. The number of carbonyl (C=O) groups is 1. The first-order valence-corrected chi connectivity index (χ1v) is 58.0. The van der Waals surface area contributed by atoms with Crippen LogP contribution in [0.25, 0.3) is 0 Å². The summed E-state index contributed by atoms with van der Waals surface area (Å²) in [6.07, 6.45) is 1.84. The SMILES string of the molecule is C=C(CCCO)[C@@H]1[C@H](C)C(=O)C(OP(P(P)P)P(PP)P(P)P)=C2C(C)[C@@H](OP(P(P)P(P)P)P(P(P)P)P(P)P)CC([C@H]1OPP)C2(C)C. The molecule has 0 aliphatic heterocycles. The zero-order valence-corrected chi connectivity index (χ0v) is 54.5. The standard InChI is InChI=1S/C20H57O5P25/c1-10(7-6-8-21)15-12(3)17(22)19(25-41(43(28)29)49(40-27)45(32)33)16-11(2)14(9-13(20(16,4)5)18(15)23-39-26)24-42(48(38)44(30)31)50(46(34)35)47(36)37/h11-15,18,21,39-40H,1,6-9,26-38H2,2-5H3/t11?,12-,13?,14-,15+,18+,41?,42?,48?,49?/m0/s1. The molecule has 0 spiro atoms. The number of carbonyl (C=O) groups excluding carboxylic acids is 1. The van der Waals surface area contributed by atoms with Crippen molar-refractivity contribution in [2.75, 3.05) is 6.61 Å². The molecule has 1 fully saturated rings. The Bertz CT molecular complexity index is 1140. The first-order chi connectivity index (χ1) is 23.2. The lowest BCUT2D eigenvalue weighted by Crippen LogP contribution is -2.53. The molecule has 2 aliphatic rings. The molecule has 25 atom stereocenters. The molecule has 0 amide bonds. The van der Waals surface area contributed by atoms with Gasteiger partial charge in [-0.3, -0.25) is 4.79 Å². The Balaban J connectivity index is 3.01. The largest absolute Gasteiger partial charge is 0.460 e. The number of fused-ring (bicyclic) bond motifs is 2. The maximum atomic E-state index is 15.3. The Morgan fingerprint density at radius 2 is 1.48 bits per heavy atom. The number of ketones is 1. The van der Waals surface area contributed by atoms with Gasteiger partial charge in [0.25, 0.3) is 0 Å². The molecular weight excluding hydrogens is 1090 g/mol. The van der Waals surface area contributed by atoms with E-state index in [-0.39, 0.29) is 97.1 Å². The number of allylic oxidation sites excluding steroid dienone is 1. The van der Waals surface area contributed by atoms with Crippen LogP contribution in [0.2, 0.25) is 0 Å². The van der Waals surface area contributed by atoms with E-state index in [4.69, 9.17) is 13.6 Å². The predicted octanol–water partition coefficient (Wildman–Crippen LogP) is 17.3. The van der Waals surface area contributed by atoms with Crippen LogP contribution in [-0.2, 0) is 18.4 Å². The second-order valence-corrected chi connectivity index (χ2v) is 96.5. The molecule has 292 valence electrons. The molecule has 50 heavy (non-hydrogen) atoms. The van der Waals surface area contributed by atoms with Gasteiger partial charge in [-0.25, -0.2) is 0 Å². The molecule has 21 unspecified atom stereocenters. The van der Waals surface area contributed by atoms with E-state index < -0.39 is 36.0 Å². The quantitative estimate of drug-likeness (QED) is 0.103. The molecule has 0 saturated heterocycles. The lowest BCUT2D eigenvalue weighted by Gasteiger charge is -2.55. The van der Waals surface area contributed by atoms with Gasteiger partial charge in [-0.05, 0) is 64.1 Å². The van der Waals surface area contributed by atoms with E-state index in [0.717, 1.165) is 17.6 Å². The van der Waals surface area contributed by atoms with Gasteiger partial charge in [0.05, 0.1) is 19.7 Å². The molecule has 0 aromatic carbocycles. The van der Waals surface area contributed by atoms with Gasteiger partial charge in [0.15, 0.2) is 13.3 Å². The van der Waals surface area contributed by atoms with Crippen molar-refractivity contribution >= 4 is 209 Å². The number of Topliss-reactive ketones (excluding diaryl/α,β-unsaturated/α-hetero) is 1. The average Bonchev–Trinajstić information content (AvgIpc) is 3.01. The minimum atomic E-state index is -0.905. The molecule has 1 N–H and O–H groups in total. The highest BCUT2D eigenvalue weighted by Gasteiger charge is 2.57. The Morgan fingerprint density at radius 3 is 1.92 bits per heavy atom. The van der Waals surface area contributed by atoms with Crippen molar-refractivity contribution < 1.29 is 23.5 Å². The van der Waals surface area contributed by atoms with Crippen LogP contribution in [-0.4, -0.2) is 29.7 Å². The first kappa shape index (κ1) is 55.7. The van der Waals surface area contributed by atoms with E-state index in [2.05, 4.69) is 150 Å². The van der Waals surface area contributed by atoms with E-state index in [1.165, 1.54) is 0 Å². The normalized spacial score (nSPS) is 28.9. The minimum absolute atomic E-state index is 0.00641. The second kappa shape index (κ2) is 27.1. The maximum Gasteiger partial charge on any atom is 0.201 e. The Hall–Kier alpha value is 9.58. The predicted molar refractivity (Wildman–Crippen MR) is 304 cm³/mol. The van der Waals surface area contributed by atoms with Crippen LogP contribution in [0.3, 0.4) is 0 Å². The molecule has 2 bridgehead atoms. The second-order valence-electron chi connectivity index (χ2n) is 12.1. The van der Waals surface area contributed by atoms with E-state index in [1.807, 2.05) is 0 Å². The summed E-state index contributed by atoms with van der Waals surface area (Å²) in [6, 6.07) is 0. The average molecular weight is 1150 g/mol. The molecule has 30 heteroatoms. The Labute approximate surface area is 348 Å². The fourth-order valence-corrected chi connectivity index (χ4v) is 169. The Kier molecular flexibility index (Phi) is 30.3. The molecular formula is C20H57O5P25. The van der Waals surface area contributed by atoms with Gasteiger partial charge in [-0.2, -0.15) is 0 Å². The van der Waals surface area contributed by atoms with Crippen LogP contribution in [0, 0.1) is 29.1 Å². The number of hydrogen-bond acceptors (Lipinski definition) is 5. The fraction of sp³-hybridized carbons (Fsp3) is 0.750. The third-order valence-corrected chi connectivity index (χ3v) is 127. The van der Waals surface area contributed by atoms with Crippen molar-refractivity contribution in [1.82, 2.24) is 0 Å². The highest BCUT2D eigenvalue weighted by atomic mass is 33.2. The molecule has 0 aromatic rings. The van der Waals surface area contributed by atoms with E-state index in [0.29, 0.717) is 26.6 Å². The molecule has 1 saturated carbocycles. The van der Waals surface area contributed by atoms with Gasteiger partial charge in [0.2, 0.25) is 5.78 Å². The van der Waals surface area contributed by atoms with Crippen LogP contribution in [0.15, 0.2) is 23.5 Å². The summed E-state index contributed by atoms with van der Waals surface area (Å²) >= 11 is 0. The summed E-state index contributed by atoms with van der Waals surface area (Å²) in [7, 11) is 39.2. The summed E-state index contributed by atoms with van der Waals surface area (Å²) in [5, 5.41) is 9.81. The monoisotopic (exact) mass is 1150 g/mol. The van der Waals surface area contributed by atoms with E-state index in [1.54, 1.807) is 0 Å². The third kappa shape index (κ3) is 15.1. The van der Waals surface area contributed by atoms with E-state index >= 15 is 4.79 Å². The molecule has 2 aliphatic carbocycles. The molecule has 5 nitrogen and oxygen atoms in total. The lowest BCUT2D eigenvalue weighted by molar-refractivity contribution is -0.126. The summed E-state index contributed by atoms with van der Waals surface area (Å²) in [5.74, 6) is 0.192. The molecule has 2 rings (SSSR count). The number of aliphatic hydroxyl groups excluding tert-OH is 1. The topological polar surface area (TPSA) is 65.0 Å². The number of rotatable bonds is 19. The van der Waals surface area contributed by atoms with Gasteiger partial charge >= 0.3 is 0 Å². The summed E-state index contributed by atoms with van der Waals surface area (Å²) in [5.41, 5.74) is 1.73. The van der Waals surface area contributed by atoms with Gasteiger partial charge in [-0.15, -0.1) is 80.4 Å². The summed E-state index contributed by atoms with van der Waals surface area (Å²) in [4.78, 5) is 15.3. The molecule has 0 radical (unpaired) electrons. The maximum absolute atomic E-state index is 15.3. The minimum Gasteiger partial charge on any atom is -0.460 e. The van der Waals surface area contributed by atoms with Crippen LogP contribution in [0.1, 0.15) is 47.0 Å². The number of aliphatic hydroxyl groups is 1. The first-order valence-electron chi connectivity index (χ1n) is 14.9. The van der Waals surface area contributed by atoms with Gasteiger partial charge in [0.1, 0.15) is 0 Å². The van der Waals surface area contributed by atoms with E-state index in [9.17, 15) is 5.11 Å². The van der Waals surface area contributed by atoms with Gasteiger partial charge < -0.3 is 18.7 Å². The summed E-state index contributed by atoms with van der Waals surface area (Å²) in [6.45, 7) is 10.4. The van der Waals surface area contributed by atoms with Crippen LogP contribution < -0.4 is 0 Å². The van der Waals surface area contributed by atoms with Gasteiger partial charge in [-0.1, -0.05) is 83.5 Å². The van der Waals surface area contributed by atoms with Crippen molar-refractivity contribution in [1.29, 1.82) is 0 Å². The summed E-state index contributed by atoms with van der Waals surface area (Å²) < 4.78 is 21.8. The zero-order valence-electron chi connectivity index (χ0n) is 28.6. The van der Waals surface area contributed by atoms with Crippen LogP contribution in [0.5, 0.6) is 0 Å². The van der Waals surface area contributed by atoms with Crippen molar-refractivity contribution in [3.8, 4) is 0 Å². The Morgan fingerprint density at radius 1 is 0.900 bits per heavy atom. The number of hydrogen-bond donors (Lipinski definition) is 1. The van der Waals surface area contributed by atoms with Crippen LogP contribution in [0.4, 0.5) is 0 Å². The van der Waals surface area contributed by atoms with Crippen molar-refractivity contribution in [3.63, 3.8) is 0 Å². The van der Waals surface area contributed by atoms with Crippen molar-refractivity contribution in [3.05, 3.63) is 23.5 Å². The fourth-order valence-electron chi connectivity index (χ4n) is 6.47. The highest BCUT2D eigenvalue weighted by molar-refractivity contribution is 9.19. The zero-order chi connectivity index (χ0) is 38.4. The van der Waals surface area contributed by atoms with Crippen LogP contribution >= 0.6 is 203 Å². The van der Waals surface area contributed by atoms with Crippen molar-refractivity contribution in [2.45, 2.75) is 59.2 Å². The molecule has 0 heterocycles. The smallest absolute Gasteiger partial charge is 0.201 e. The third-order valence-electron chi connectivity index (χ3n) is 8.70.